The van der Waals surface area contributed by atoms with Crippen LogP contribution in [0.15, 0.2) is 112 Å². The van der Waals surface area contributed by atoms with Crippen LogP contribution in [-0.4, -0.2) is 0 Å². The number of rotatable bonds is 6. The second-order valence-electron chi connectivity index (χ2n) is 8.46. The summed E-state index contributed by atoms with van der Waals surface area (Å²) < 4.78 is 37.8. The largest absolute Gasteiger partial charge is 0.479 e. The Morgan fingerprint density at radius 3 is 1.82 bits per heavy atom. The van der Waals surface area contributed by atoms with Gasteiger partial charge in [0.2, 0.25) is 5.82 Å². The molecular formula is C29H24F2IOS+. The Morgan fingerprint density at radius 1 is 0.706 bits per heavy atom. The molecule has 0 aliphatic heterocycles. The third-order valence-electron chi connectivity index (χ3n) is 6.25. The monoisotopic (exact) mass is 585 g/mol. The van der Waals surface area contributed by atoms with Crippen molar-refractivity contribution < 1.29 is 13.5 Å². The molecule has 1 nitrogen and oxygen atoms in total. The van der Waals surface area contributed by atoms with Gasteiger partial charge in [-0.05, 0) is 90.2 Å². The van der Waals surface area contributed by atoms with Crippen LogP contribution in [-0.2, 0) is 16.5 Å². The van der Waals surface area contributed by atoms with E-state index in [9.17, 15) is 0 Å². The van der Waals surface area contributed by atoms with E-state index >= 15 is 8.78 Å². The lowest BCUT2D eigenvalue weighted by molar-refractivity contribution is 0.0676. The lowest BCUT2D eigenvalue weighted by Crippen LogP contribution is -2.30. The van der Waals surface area contributed by atoms with Gasteiger partial charge in [-0.1, -0.05) is 48.5 Å². The fourth-order valence-corrected chi connectivity index (χ4v) is 7.09. The fourth-order valence-electron chi connectivity index (χ4n) is 4.61. The molecule has 0 bridgehead atoms. The van der Waals surface area contributed by atoms with Crippen LogP contribution < -0.4 is 4.74 Å². The Morgan fingerprint density at radius 2 is 1.26 bits per heavy atom. The van der Waals surface area contributed by atoms with E-state index < -0.39 is 28.1 Å². The molecule has 0 amide bonds. The number of halogens is 3. The van der Waals surface area contributed by atoms with Crippen LogP contribution in [0.25, 0.3) is 0 Å². The van der Waals surface area contributed by atoms with Gasteiger partial charge in [0.25, 0.3) is 0 Å². The third kappa shape index (κ3) is 4.73. The Bertz CT molecular complexity index is 1220. The van der Waals surface area contributed by atoms with Crippen molar-refractivity contribution in [3.63, 3.8) is 0 Å². The summed E-state index contributed by atoms with van der Waals surface area (Å²) in [5.74, 6) is -1.82. The van der Waals surface area contributed by atoms with E-state index in [4.69, 9.17) is 4.74 Å². The van der Waals surface area contributed by atoms with Crippen molar-refractivity contribution in [1.29, 1.82) is 0 Å². The summed E-state index contributed by atoms with van der Waals surface area (Å²) in [6.45, 7) is 0. The molecule has 4 aromatic rings. The summed E-state index contributed by atoms with van der Waals surface area (Å²) >= 11 is 2.27. The SMILES string of the molecule is Fc1cc([S+](c2ccccc2)c2ccccc2)cc(OC2(c3ccc(I)cc3)CCCC2)c1F. The van der Waals surface area contributed by atoms with Gasteiger partial charge in [-0.25, -0.2) is 4.39 Å². The lowest BCUT2D eigenvalue weighted by atomic mass is 9.92. The highest BCUT2D eigenvalue weighted by Gasteiger charge is 2.40. The number of hydrogen-bond acceptors (Lipinski definition) is 1. The minimum atomic E-state index is -0.926. The average molecular weight is 585 g/mol. The molecule has 172 valence electrons. The molecule has 1 aliphatic carbocycles. The van der Waals surface area contributed by atoms with Crippen LogP contribution in [0.2, 0.25) is 0 Å². The minimum Gasteiger partial charge on any atom is -0.479 e. The summed E-state index contributed by atoms with van der Waals surface area (Å²) in [4.78, 5) is 2.78. The topological polar surface area (TPSA) is 9.23 Å². The summed E-state index contributed by atoms with van der Waals surface area (Å²) in [7, 11) is -0.595. The number of benzene rings is 4. The van der Waals surface area contributed by atoms with E-state index in [1.165, 1.54) is 6.07 Å². The van der Waals surface area contributed by atoms with Crippen molar-refractivity contribution in [2.45, 2.75) is 46.0 Å². The third-order valence-corrected chi connectivity index (χ3v) is 9.16. The zero-order chi connectivity index (χ0) is 23.5. The Labute approximate surface area is 215 Å². The predicted octanol–water partition coefficient (Wildman–Crippen LogP) is 8.51. The summed E-state index contributed by atoms with van der Waals surface area (Å²) in [5, 5.41) is 0. The van der Waals surface area contributed by atoms with Gasteiger partial charge < -0.3 is 4.74 Å². The van der Waals surface area contributed by atoms with Crippen molar-refractivity contribution in [3.8, 4) is 5.75 Å². The van der Waals surface area contributed by atoms with Gasteiger partial charge >= 0.3 is 0 Å². The van der Waals surface area contributed by atoms with E-state index in [0.29, 0.717) is 4.90 Å². The van der Waals surface area contributed by atoms with E-state index in [2.05, 4.69) is 22.6 Å². The second-order valence-corrected chi connectivity index (χ2v) is 11.7. The maximum Gasteiger partial charge on any atom is 0.201 e. The highest BCUT2D eigenvalue weighted by atomic mass is 127. The van der Waals surface area contributed by atoms with Gasteiger partial charge in [-0.15, -0.1) is 0 Å². The van der Waals surface area contributed by atoms with Crippen LogP contribution >= 0.6 is 22.6 Å². The van der Waals surface area contributed by atoms with Crippen molar-refractivity contribution in [2.24, 2.45) is 0 Å². The van der Waals surface area contributed by atoms with E-state index in [0.717, 1.165) is 44.6 Å². The number of ether oxygens (including phenoxy) is 1. The molecule has 0 atom stereocenters. The van der Waals surface area contributed by atoms with Gasteiger partial charge in [-0.2, -0.15) is 4.39 Å². The maximum atomic E-state index is 15.2. The smallest absolute Gasteiger partial charge is 0.201 e. The maximum absolute atomic E-state index is 15.2. The second kappa shape index (κ2) is 10.1. The quantitative estimate of drug-likeness (QED) is 0.163. The van der Waals surface area contributed by atoms with Crippen LogP contribution in [0.3, 0.4) is 0 Å². The molecule has 1 aliphatic rings. The molecule has 5 rings (SSSR count). The normalized spacial score (nSPS) is 14.9. The molecule has 0 spiro atoms. The lowest BCUT2D eigenvalue weighted by Gasteiger charge is -2.31. The zero-order valence-corrected chi connectivity index (χ0v) is 21.5. The first-order valence-corrected chi connectivity index (χ1v) is 13.6. The molecule has 1 saturated carbocycles. The molecule has 0 aromatic heterocycles. The Kier molecular flexibility index (Phi) is 6.93. The van der Waals surface area contributed by atoms with Gasteiger partial charge in [0.1, 0.15) is 5.60 Å². The summed E-state index contributed by atoms with van der Waals surface area (Å²) in [5.41, 5.74) is 0.370. The van der Waals surface area contributed by atoms with E-state index in [1.54, 1.807) is 6.07 Å². The van der Waals surface area contributed by atoms with E-state index in [1.807, 2.05) is 84.9 Å². The standard InChI is InChI=1S/C29H24F2IOS/c30-26-19-25(34(23-9-3-1-4-10-23)24-11-5-2-6-12-24)20-27(28(26)31)33-29(17-7-8-18-29)21-13-15-22(32)16-14-21/h1-6,9-16,19-20H,7-8,17-18H2/q+1. The molecule has 0 heterocycles. The molecule has 0 radical (unpaired) electrons. The van der Waals surface area contributed by atoms with Crippen LogP contribution in [0, 0.1) is 15.2 Å². The number of hydrogen-bond donors (Lipinski definition) is 0. The molecule has 5 heteroatoms. The molecule has 0 N–H and O–H groups in total. The summed E-state index contributed by atoms with van der Waals surface area (Å²) in [6.07, 6.45) is 3.55. The fraction of sp³-hybridized carbons (Fsp3) is 0.172. The first-order chi connectivity index (χ1) is 16.6. The first-order valence-electron chi connectivity index (χ1n) is 11.3. The summed E-state index contributed by atoms with van der Waals surface area (Å²) in [6, 6.07) is 31.1. The van der Waals surface area contributed by atoms with Crippen molar-refractivity contribution in [3.05, 3.63) is 118 Å². The zero-order valence-electron chi connectivity index (χ0n) is 18.5. The molecular weight excluding hydrogens is 561 g/mol. The Balaban J connectivity index is 1.60. The van der Waals surface area contributed by atoms with Crippen molar-refractivity contribution >= 4 is 33.5 Å². The van der Waals surface area contributed by atoms with Crippen LogP contribution in [0.1, 0.15) is 31.2 Å². The van der Waals surface area contributed by atoms with Gasteiger partial charge in [0.15, 0.2) is 26.3 Å². The van der Waals surface area contributed by atoms with Crippen molar-refractivity contribution in [1.82, 2.24) is 0 Å². The molecule has 34 heavy (non-hydrogen) atoms. The Hall–Kier alpha value is -2.38. The van der Waals surface area contributed by atoms with Gasteiger partial charge in [0.05, 0.1) is 10.9 Å². The van der Waals surface area contributed by atoms with Crippen molar-refractivity contribution in [2.75, 3.05) is 0 Å². The van der Waals surface area contributed by atoms with Crippen LogP contribution in [0.4, 0.5) is 8.78 Å². The molecule has 1 fully saturated rings. The highest BCUT2D eigenvalue weighted by Crippen LogP contribution is 2.44. The van der Waals surface area contributed by atoms with Gasteiger partial charge in [-0.3, -0.25) is 0 Å². The highest BCUT2D eigenvalue weighted by molar-refractivity contribution is 14.1. The minimum absolute atomic E-state index is 0.0141. The van der Waals surface area contributed by atoms with Gasteiger partial charge in [0, 0.05) is 15.7 Å². The van der Waals surface area contributed by atoms with E-state index in [-0.39, 0.29) is 5.75 Å². The molecule has 4 aromatic carbocycles. The first kappa shape index (κ1) is 23.4. The molecule has 0 saturated heterocycles. The average Bonchev–Trinajstić information content (AvgIpc) is 3.34. The van der Waals surface area contributed by atoms with Crippen LogP contribution in [0.5, 0.6) is 5.75 Å². The predicted molar refractivity (Wildman–Crippen MR) is 141 cm³/mol. The molecule has 0 unspecified atom stereocenters.